The molecule has 2 aliphatic rings. The van der Waals surface area contributed by atoms with Crippen molar-refractivity contribution < 1.29 is 13.9 Å². The van der Waals surface area contributed by atoms with Gasteiger partial charge in [0.05, 0.1) is 53.3 Å². The van der Waals surface area contributed by atoms with Crippen LogP contribution in [0.4, 0.5) is 10.1 Å². The third-order valence-electron chi connectivity index (χ3n) is 8.33. The number of aryl methyl sites for hydroxylation is 2. The van der Waals surface area contributed by atoms with Crippen LogP contribution in [0.3, 0.4) is 0 Å². The van der Waals surface area contributed by atoms with Gasteiger partial charge in [-0.25, -0.2) is 9.37 Å². The van der Waals surface area contributed by atoms with E-state index in [9.17, 15) is 9.18 Å². The number of rotatable bonds is 8. The van der Waals surface area contributed by atoms with Gasteiger partial charge in [0, 0.05) is 17.1 Å². The van der Waals surface area contributed by atoms with E-state index in [0.29, 0.717) is 48.7 Å². The fourth-order valence-corrected chi connectivity index (χ4v) is 5.67. The van der Waals surface area contributed by atoms with Crippen LogP contribution in [0.15, 0.2) is 48.8 Å². The summed E-state index contributed by atoms with van der Waals surface area (Å²) in [6.45, 7) is 5.27. The van der Waals surface area contributed by atoms with Gasteiger partial charge in [0.25, 0.3) is 0 Å². The molecule has 2 aromatic carbocycles. The minimum atomic E-state index is -0.520. The van der Waals surface area contributed by atoms with Crippen LogP contribution in [-0.2, 0) is 22.4 Å². The normalized spacial score (nSPS) is 20.0. The van der Waals surface area contributed by atoms with Crippen LogP contribution < -0.4 is 10.6 Å². The Balaban J connectivity index is 1.07. The molecule has 1 saturated heterocycles. The lowest BCUT2D eigenvalue weighted by atomic mass is 9.95. The highest BCUT2D eigenvalue weighted by atomic mass is 35.5. The summed E-state index contributed by atoms with van der Waals surface area (Å²) in [5.41, 5.74) is 5.70. The molecule has 7 nitrogen and oxygen atoms in total. The highest BCUT2D eigenvalue weighted by Crippen LogP contribution is 2.50. The number of hydrogen-bond donors (Lipinski definition) is 3. The van der Waals surface area contributed by atoms with Crippen molar-refractivity contribution in [2.75, 3.05) is 18.5 Å². The zero-order valence-corrected chi connectivity index (χ0v) is 23.4. The number of H-pyrrole nitrogens is 1. The molecule has 4 aromatic rings. The summed E-state index contributed by atoms with van der Waals surface area (Å²) in [5.74, 6) is 0.313. The quantitative estimate of drug-likeness (QED) is 0.246. The average Bonchev–Trinajstić information content (AvgIpc) is 3.62. The van der Waals surface area contributed by atoms with Gasteiger partial charge in [-0.15, -0.1) is 0 Å². The van der Waals surface area contributed by atoms with Crippen LogP contribution in [0.2, 0.25) is 5.02 Å². The van der Waals surface area contributed by atoms with Gasteiger partial charge in [-0.3, -0.25) is 9.78 Å². The van der Waals surface area contributed by atoms with Crippen molar-refractivity contribution in [3.05, 3.63) is 87.7 Å². The number of aromatic nitrogens is 3. The largest absolute Gasteiger partial charge is 0.375 e. The SMILES string of the molecule is Cc1cc2nc([C@@H]3CO[C@H](CCc4c(F)cncc4NC(=O)C4(Cc5ccccc5Cl)CC4)CN3)[nH]c2cc1C. The number of imidazole rings is 1. The molecule has 9 heteroatoms. The van der Waals surface area contributed by atoms with E-state index < -0.39 is 11.2 Å². The number of benzene rings is 2. The molecule has 208 valence electrons. The van der Waals surface area contributed by atoms with Crippen molar-refractivity contribution in [2.24, 2.45) is 5.41 Å². The number of amides is 1. The van der Waals surface area contributed by atoms with Crippen LogP contribution in [0, 0.1) is 25.1 Å². The smallest absolute Gasteiger partial charge is 0.230 e. The lowest BCUT2D eigenvalue weighted by Crippen LogP contribution is -2.41. The van der Waals surface area contributed by atoms with Crippen LogP contribution in [0.1, 0.15) is 53.4 Å². The molecule has 1 saturated carbocycles. The molecule has 0 unspecified atom stereocenters. The molecule has 2 fully saturated rings. The van der Waals surface area contributed by atoms with E-state index in [-0.39, 0.29) is 18.1 Å². The molecular weight excluding hydrogens is 529 g/mol. The van der Waals surface area contributed by atoms with Gasteiger partial charge >= 0.3 is 0 Å². The van der Waals surface area contributed by atoms with Crippen molar-refractivity contribution >= 4 is 34.2 Å². The van der Waals surface area contributed by atoms with Crippen LogP contribution >= 0.6 is 11.6 Å². The maximum atomic E-state index is 14.9. The molecule has 2 aromatic heterocycles. The molecule has 40 heavy (non-hydrogen) atoms. The lowest BCUT2D eigenvalue weighted by molar-refractivity contribution is -0.121. The van der Waals surface area contributed by atoms with Crippen molar-refractivity contribution in [3.63, 3.8) is 0 Å². The predicted molar refractivity (Wildman–Crippen MR) is 154 cm³/mol. The summed E-state index contributed by atoms with van der Waals surface area (Å²) in [4.78, 5) is 25.5. The topological polar surface area (TPSA) is 91.9 Å². The zero-order chi connectivity index (χ0) is 27.9. The van der Waals surface area contributed by atoms with Crippen molar-refractivity contribution in [3.8, 4) is 0 Å². The second kappa shape index (κ2) is 10.9. The van der Waals surface area contributed by atoms with Crippen molar-refractivity contribution in [1.29, 1.82) is 0 Å². The molecule has 1 aliphatic carbocycles. The van der Waals surface area contributed by atoms with Gasteiger partial charge in [0.15, 0.2) is 0 Å². The Labute approximate surface area is 237 Å². The molecule has 0 spiro atoms. The van der Waals surface area contributed by atoms with E-state index in [1.54, 1.807) is 0 Å². The third kappa shape index (κ3) is 5.48. The van der Waals surface area contributed by atoms with Gasteiger partial charge in [-0.2, -0.15) is 0 Å². The van der Waals surface area contributed by atoms with Crippen LogP contribution in [0.25, 0.3) is 11.0 Å². The Morgan fingerprint density at radius 1 is 1.20 bits per heavy atom. The highest BCUT2D eigenvalue weighted by Gasteiger charge is 2.50. The van der Waals surface area contributed by atoms with E-state index >= 15 is 0 Å². The number of carbonyl (C=O) groups excluding carboxylic acids is 1. The van der Waals surface area contributed by atoms with Crippen LogP contribution in [0.5, 0.6) is 0 Å². The Kier molecular flexibility index (Phi) is 7.33. The maximum Gasteiger partial charge on any atom is 0.230 e. The molecule has 0 bridgehead atoms. The number of aromatic amines is 1. The van der Waals surface area contributed by atoms with Gasteiger partial charge in [0.1, 0.15) is 11.6 Å². The van der Waals surface area contributed by atoms with Gasteiger partial charge in [-0.1, -0.05) is 29.8 Å². The minimum Gasteiger partial charge on any atom is -0.375 e. The highest BCUT2D eigenvalue weighted by molar-refractivity contribution is 6.31. The van der Waals surface area contributed by atoms with E-state index in [1.807, 2.05) is 24.3 Å². The predicted octanol–water partition coefficient (Wildman–Crippen LogP) is 5.99. The molecule has 2 atom stereocenters. The van der Waals surface area contributed by atoms with E-state index in [1.165, 1.54) is 23.5 Å². The Morgan fingerprint density at radius 3 is 2.75 bits per heavy atom. The van der Waals surface area contributed by atoms with E-state index in [4.69, 9.17) is 21.3 Å². The number of anilines is 1. The molecule has 6 rings (SSSR count). The first kappa shape index (κ1) is 26.9. The molecule has 0 radical (unpaired) electrons. The van der Waals surface area contributed by atoms with Crippen molar-refractivity contribution in [1.82, 2.24) is 20.3 Å². The standard InChI is InChI=1S/C31H33ClFN5O2/c1-18-11-25-26(12-19(18)2)37-29(36-25)28-17-40-21(14-35-28)7-8-22-24(33)15-34-16-27(22)38-30(39)31(9-10-31)13-20-5-3-4-6-23(20)32/h3-6,11-12,15-16,21,28,35H,7-10,13-14,17H2,1-2H3,(H,36,37)(H,38,39)/t21-,28+/m1/s1. The number of carbonyl (C=O) groups is 1. The third-order valence-corrected chi connectivity index (χ3v) is 8.70. The first-order valence-electron chi connectivity index (χ1n) is 13.8. The number of pyridine rings is 1. The Morgan fingerprint density at radius 2 is 2.00 bits per heavy atom. The number of hydrogen-bond acceptors (Lipinski definition) is 5. The molecule has 3 heterocycles. The summed E-state index contributed by atoms with van der Waals surface area (Å²) in [6.07, 6.45) is 5.77. The number of morpholine rings is 1. The summed E-state index contributed by atoms with van der Waals surface area (Å²) in [6, 6.07) is 11.8. The zero-order valence-electron chi connectivity index (χ0n) is 22.7. The lowest BCUT2D eigenvalue weighted by Gasteiger charge is -2.29. The summed E-state index contributed by atoms with van der Waals surface area (Å²) in [5, 5.41) is 7.16. The van der Waals surface area contributed by atoms with Gasteiger partial charge < -0.3 is 20.4 Å². The maximum absolute atomic E-state index is 14.9. The van der Waals surface area contributed by atoms with Crippen molar-refractivity contribution in [2.45, 2.75) is 58.1 Å². The number of nitrogens with one attached hydrogen (secondary N) is 3. The second-order valence-corrected chi connectivity index (χ2v) is 11.6. The number of fused-ring (bicyclic) bond motifs is 1. The molecular formula is C31H33ClFN5O2. The van der Waals surface area contributed by atoms with E-state index in [2.05, 4.69) is 46.6 Å². The minimum absolute atomic E-state index is 0.0374. The monoisotopic (exact) mass is 561 g/mol. The number of ether oxygens (including phenoxy) is 1. The van der Waals surface area contributed by atoms with Gasteiger partial charge in [-0.05, 0) is 80.8 Å². The Bertz CT molecular complexity index is 1520. The van der Waals surface area contributed by atoms with Gasteiger partial charge in [0.2, 0.25) is 5.91 Å². The van der Waals surface area contributed by atoms with E-state index in [0.717, 1.165) is 35.3 Å². The Hall–Kier alpha value is -3.33. The second-order valence-electron chi connectivity index (χ2n) is 11.2. The summed E-state index contributed by atoms with van der Waals surface area (Å²) >= 11 is 6.34. The molecule has 1 aliphatic heterocycles. The fraction of sp³-hybridized carbons (Fsp3) is 0.387. The first-order valence-corrected chi connectivity index (χ1v) is 14.2. The molecule has 3 N–H and O–H groups in total. The number of halogens is 2. The summed E-state index contributed by atoms with van der Waals surface area (Å²) < 4.78 is 21.1. The summed E-state index contributed by atoms with van der Waals surface area (Å²) in [7, 11) is 0. The van der Waals surface area contributed by atoms with Crippen LogP contribution in [-0.4, -0.2) is 40.1 Å². The number of nitrogens with zero attached hydrogens (tertiary/aromatic N) is 2. The first-order chi connectivity index (χ1) is 19.3. The molecule has 1 amide bonds. The fourth-order valence-electron chi connectivity index (χ4n) is 5.46. The average molecular weight is 562 g/mol.